The maximum Gasteiger partial charge on any atom is 0.251 e. The molecule has 0 spiro atoms. The maximum absolute atomic E-state index is 12.5. The molecule has 5 heteroatoms. The molecule has 2 fully saturated rings. The summed E-state index contributed by atoms with van der Waals surface area (Å²) in [5, 5.41) is 2.75. The first-order valence-corrected chi connectivity index (χ1v) is 8.41. The molecule has 1 aliphatic carbocycles. The van der Waals surface area contributed by atoms with Gasteiger partial charge in [-0.25, -0.2) is 0 Å². The average molecular weight is 316 g/mol. The first-order chi connectivity index (χ1) is 11.1. The number of nitrogens with one attached hydrogen (secondary N) is 1. The van der Waals surface area contributed by atoms with Crippen LogP contribution in [0.5, 0.6) is 0 Å². The van der Waals surface area contributed by atoms with E-state index in [1.165, 1.54) is 6.42 Å². The summed E-state index contributed by atoms with van der Waals surface area (Å²) in [4.78, 5) is 26.6. The predicted octanol–water partition coefficient (Wildman–Crippen LogP) is 1.89. The van der Waals surface area contributed by atoms with Gasteiger partial charge in [0.15, 0.2) is 0 Å². The van der Waals surface area contributed by atoms with Crippen LogP contribution in [0.25, 0.3) is 0 Å². The molecule has 0 unspecified atom stereocenters. The Balaban J connectivity index is 1.57. The second-order valence-corrected chi connectivity index (χ2v) is 6.40. The molecule has 1 saturated heterocycles. The fourth-order valence-corrected chi connectivity index (χ4v) is 3.55. The van der Waals surface area contributed by atoms with Crippen molar-refractivity contribution in [1.29, 1.82) is 0 Å². The first kappa shape index (κ1) is 16.0. The van der Waals surface area contributed by atoms with Crippen LogP contribution in [0.15, 0.2) is 24.3 Å². The number of benzene rings is 1. The zero-order chi connectivity index (χ0) is 16.2. The molecule has 1 saturated carbocycles. The summed E-state index contributed by atoms with van der Waals surface area (Å²) in [6.45, 7) is 3.22. The molecular formula is C18H24N2O3. The quantitative estimate of drug-likeness (QED) is 0.926. The van der Waals surface area contributed by atoms with Crippen molar-refractivity contribution >= 4 is 11.8 Å². The van der Waals surface area contributed by atoms with Gasteiger partial charge in [0.05, 0.1) is 25.3 Å². The molecule has 5 nitrogen and oxygen atoms in total. The van der Waals surface area contributed by atoms with Crippen molar-refractivity contribution in [2.75, 3.05) is 19.7 Å². The van der Waals surface area contributed by atoms with E-state index < -0.39 is 0 Å². The molecule has 0 bridgehead atoms. The summed E-state index contributed by atoms with van der Waals surface area (Å²) in [5.41, 5.74) is 1.62. The third-order valence-corrected chi connectivity index (χ3v) is 4.73. The maximum atomic E-state index is 12.5. The molecule has 0 aromatic heterocycles. The van der Waals surface area contributed by atoms with Gasteiger partial charge < -0.3 is 15.0 Å². The molecule has 1 aromatic rings. The standard InChI is InChI=1S/C18H24N2O3/c1-13-5-4-6-14(11-13)18(22)19-12-17(21)20-9-10-23-16-8-3-2-7-15(16)20/h4-6,11,15-16H,2-3,7-10,12H2,1H3,(H,19,22)/t15-,16+/m1/s1. The monoisotopic (exact) mass is 316 g/mol. The van der Waals surface area contributed by atoms with Gasteiger partial charge in [0.1, 0.15) is 0 Å². The Kier molecular flexibility index (Phi) is 4.96. The van der Waals surface area contributed by atoms with Gasteiger partial charge in [-0.3, -0.25) is 9.59 Å². The van der Waals surface area contributed by atoms with Crippen molar-refractivity contribution < 1.29 is 14.3 Å². The highest BCUT2D eigenvalue weighted by Crippen LogP contribution is 2.28. The largest absolute Gasteiger partial charge is 0.374 e. The molecule has 3 rings (SSSR count). The normalized spacial score (nSPS) is 24.0. The minimum Gasteiger partial charge on any atom is -0.374 e. The van der Waals surface area contributed by atoms with E-state index in [-0.39, 0.29) is 30.5 Å². The molecule has 1 heterocycles. The van der Waals surface area contributed by atoms with Crippen molar-refractivity contribution in [1.82, 2.24) is 10.2 Å². The number of nitrogens with zero attached hydrogens (tertiary/aromatic N) is 1. The van der Waals surface area contributed by atoms with Crippen molar-refractivity contribution in [3.63, 3.8) is 0 Å². The molecule has 1 aromatic carbocycles. The van der Waals surface area contributed by atoms with Crippen LogP contribution in [-0.2, 0) is 9.53 Å². The number of aryl methyl sites for hydroxylation is 1. The number of amides is 2. The summed E-state index contributed by atoms with van der Waals surface area (Å²) < 4.78 is 5.79. The minimum absolute atomic E-state index is 0.00815. The van der Waals surface area contributed by atoms with E-state index in [1.54, 1.807) is 6.07 Å². The highest BCUT2D eigenvalue weighted by Gasteiger charge is 2.36. The third-order valence-electron chi connectivity index (χ3n) is 4.73. The van der Waals surface area contributed by atoms with Crippen LogP contribution < -0.4 is 5.32 Å². The van der Waals surface area contributed by atoms with Crippen LogP contribution in [0.1, 0.15) is 41.6 Å². The van der Waals surface area contributed by atoms with Crippen LogP contribution in [0.4, 0.5) is 0 Å². The SMILES string of the molecule is Cc1cccc(C(=O)NCC(=O)N2CCO[C@H]3CCCC[C@H]32)c1. The summed E-state index contributed by atoms with van der Waals surface area (Å²) in [5.74, 6) is -0.207. The van der Waals surface area contributed by atoms with Gasteiger partial charge in [0, 0.05) is 12.1 Å². The van der Waals surface area contributed by atoms with Crippen molar-refractivity contribution in [2.24, 2.45) is 0 Å². The van der Waals surface area contributed by atoms with Gasteiger partial charge in [-0.15, -0.1) is 0 Å². The number of morpholine rings is 1. The fraction of sp³-hybridized carbons (Fsp3) is 0.556. The number of carbonyl (C=O) groups is 2. The smallest absolute Gasteiger partial charge is 0.251 e. The molecule has 2 aliphatic rings. The topological polar surface area (TPSA) is 58.6 Å². The van der Waals surface area contributed by atoms with Gasteiger partial charge in [-0.2, -0.15) is 0 Å². The number of fused-ring (bicyclic) bond motifs is 1. The fourth-order valence-electron chi connectivity index (χ4n) is 3.55. The number of hydrogen-bond donors (Lipinski definition) is 1. The summed E-state index contributed by atoms with van der Waals surface area (Å²) >= 11 is 0. The zero-order valence-corrected chi connectivity index (χ0v) is 13.6. The molecular weight excluding hydrogens is 292 g/mol. The van der Waals surface area contributed by atoms with E-state index in [9.17, 15) is 9.59 Å². The van der Waals surface area contributed by atoms with Crippen molar-refractivity contribution in [3.8, 4) is 0 Å². The van der Waals surface area contributed by atoms with Gasteiger partial charge in [0.2, 0.25) is 5.91 Å². The van der Waals surface area contributed by atoms with Crippen LogP contribution in [-0.4, -0.2) is 48.6 Å². The van der Waals surface area contributed by atoms with E-state index in [0.717, 1.165) is 24.8 Å². The van der Waals surface area contributed by atoms with E-state index in [1.807, 2.05) is 30.0 Å². The van der Waals surface area contributed by atoms with E-state index in [0.29, 0.717) is 18.7 Å². The number of hydrogen-bond acceptors (Lipinski definition) is 3. The van der Waals surface area contributed by atoms with Crippen LogP contribution in [0.3, 0.4) is 0 Å². The lowest BCUT2D eigenvalue weighted by Gasteiger charge is -2.43. The lowest BCUT2D eigenvalue weighted by molar-refractivity contribution is -0.148. The van der Waals surface area contributed by atoms with E-state index in [4.69, 9.17) is 4.74 Å². The van der Waals surface area contributed by atoms with Gasteiger partial charge in [0.25, 0.3) is 5.91 Å². The number of ether oxygens (including phenoxy) is 1. The molecule has 0 radical (unpaired) electrons. The van der Waals surface area contributed by atoms with Gasteiger partial charge >= 0.3 is 0 Å². The van der Waals surface area contributed by atoms with Crippen molar-refractivity contribution in [3.05, 3.63) is 35.4 Å². The first-order valence-electron chi connectivity index (χ1n) is 8.41. The minimum atomic E-state index is -0.199. The third kappa shape index (κ3) is 3.72. The summed E-state index contributed by atoms with van der Waals surface area (Å²) in [6.07, 6.45) is 4.53. The van der Waals surface area contributed by atoms with E-state index >= 15 is 0 Å². The predicted molar refractivity (Wildman–Crippen MR) is 87.2 cm³/mol. The molecule has 2 atom stereocenters. The van der Waals surface area contributed by atoms with Crippen LogP contribution in [0.2, 0.25) is 0 Å². The van der Waals surface area contributed by atoms with E-state index in [2.05, 4.69) is 5.32 Å². The average Bonchev–Trinajstić information content (AvgIpc) is 2.59. The van der Waals surface area contributed by atoms with Gasteiger partial charge in [-0.05, 0) is 31.9 Å². The van der Waals surface area contributed by atoms with Crippen LogP contribution in [0, 0.1) is 6.92 Å². The number of rotatable bonds is 3. The second-order valence-electron chi connectivity index (χ2n) is 6.40. The Labute approximate surface area is 137 Å². The molecule has 23 heavy (non-hydrogen) atoms. The molecule has 124 valence electrons. The molecule has 1 N–H and O–H groups in total. The second kappa shape index (κ2) is 7.13. The Bertz CT molecular complexity index is 585. The Morgan fingerprint density at radius 1 is 1.30 bits per heavy atom. The molecule has 1 aliphatic heterocycles. The summed E-state index contributed by atoms with van der Waals surface area (Å²) in [6, 6.07) is 7.56. The van der Waals surface area contributed by atoms with Gasteiger partial charge in [-0.1, -0.05) is 30.5 Å². The Morgan fingerprint density at radius 3 is 2.96 bits per heavy atom. The number of carbonyl (C=O) groups excluding carboxylic acids is 2. The highest BCUT2D eigenvalue weighted by atomic mass is 16.5. The van der Waals surface area contributed by atoms with Crippen LogP contribution >= 0.6 is 0 Å². The molecule has 2 amide bonds. The Morgan fingerprint density at radius 2 is 2.13 bits per heavy atom. The lowest BCUT2D eigenvalue weighted by atomic mass is 9.90. The lowest BCUT2D eigenvalue weighted by Crippen LogP contribution is -2.56. The Hall–Kier alpha value is -1.88. The highest BCUT2D eigenvalue weighted by molar-refractivity contribution is 5.96. The summed E-state index contributed by atoms with van der Waals surface area (Å²) in [7, 11) is 0. The van der Waals surface area contributed by atoms with Crippen molar-refractivity contribution in [2.45, 2.75) is 44.8 Å². The zero-order valence-electron chi connectivity index (χ0n) is 13.6.